The maximum Gasteiger partial charge on any atom is 0.304 e. The molecule has 94 valence electrons. The van der Waals surface area contributed by atoms with Crippen LogP contribution in [-0.2, 0) is 5.75 Å². The molecular formula is C11H15FN2O2S. The second-order valence-corrected chi connectivity index (χ2v) is 5.00. The number of nitro groups is 1. The molecule has 0 aliphatic rings. The predicted molar refractivity (Wildman–Crippen MR) is 67.8 cm³/mol. The third-order valence-electron chi connectivity index (χ3n) is 2.16. The van der Waals surface area contributed by atoms with E-state index in [0.29, 0.717) is 5.75 Å². The fraction of sp³-hybridized carbons (Fsp3) is 0.455. The molecule has 0 unspecified atom stereocenters. The molecule has 0 N–H and O–H groups in total. The van der Waals surface area contributed by atoms with Gasteiger partial charge in [0.15, 0.2) is 0 Å². The third-order valence-corrected chi connectivity index (χ3v) is 3.17. The number of thioether (sulfide) groups is 1. The standard InChI is InChI=1S/C11H15FN2O2S/c1-13(2)5-6-17-8-9-3-4-11(14(15)16)10(12)7-9/h3-4,7H,5-6,8H2,1-2H3. The molecule has 4 nitrogen and oxygen atoms in total. The number of hydrogen-bond acceptors (Lipinski definition) is 4. The molecule has 0 fully saturated rings. The van der Waals surface area contributed by atoms with Crippen LogP contribution in [0.3, 0.4) is 0 Å². The fourth-order valence-corrected chi connectivity index (χ4v) is 2.28. The molecule has 0 saturated heterocycles. The van der Waals surface area contributed by atoms with Crippen LogP contribution in [0, 0.1) is 15.9 Å². The zero-order chi connectivity index (χ0) is 12.8. The lowest BCUT2D eigenvalue weighted by Gasteiger charge is -2.08. The highest BCUT2D eigenvalue weighted by Gasteiger charge is 2.13. The molecule has 0 saturated carbocycles. The number of nitrogens with zero attached hydrogens (tertiary/aromatic N) is 2. The zero-order valence-corrected chi connectivity index (χ0v) is 10.7. The molecule has 1 rings (SSSR count). The largest absolute Gasteiger partial charge is 0.309 e. The van der Waals surface area contributed by atoms with Crippen LogP contribution in [0.1, 0.15) is 5.56 Å². The van der Waals surface area contributed by atoms with Crippen molar-refractivity contribution in [3.05, 3.63) is 39.7 Å². The van der Waals surface area contributed by atoms with Gasteiger partial charge in [0.1, 0.15) is 0 Å². The Morgan fingerprint density at radius 2 is 2.18 bits per heavy atom. The monoisotopic (exact) mass is 258 g/mol. The molecule has 0 bridgehead atoms. The van der Waals surface area contributed by atoms with Crippen molar-refractivity contribution in [3.63, 3.8) is 0 Å². The van der Waals surface area contributed by atoms with Crippen LogP contribution in [0.15, 0.2) is 18.2 Å². The molecule has 0 radical (unpaired) electrons. The SMILES string of the molecule is CN(C)CCSCc1ccc([N+](=O)[O-])c(F)c1. The van der Waals surface area contributed by atoms with Crippen LogP contribution < -0.4 is 0 Å². The zero-order valence-electron chi connectivity index (χ0n) is 9.85. The van der Waals surface area contributed by atoms with E-state index in [4.69, 9.17) is 0 Å². The summed E-state index contributed by atoms with van der Waals surface area (Å²) >= 11 is 1.68. The molecular weight excluding hydrogens is 243 g/mol. The number of rotatable bonds is 6. The molecule has 0 heterocycles. The van der Waals surface area contributed by atoms with E-state index in [0.717, 1.165) is 17.9 Å². The number of nitro benzene ring substituents is 1. The lowest BCUT2D eigenvalue weighted by Crippen LogP contribution is -2.14. The summed E-state index contributed by atoms with van der Waals surface area (Å²) in [6, 6.07) is 4.06. The second kappa shape index (κ2) is 6.56. The Balaban J connectivity index is 2.50. The highest BCUT2D eigenvalue weighted by molar-refractivity contribution is 7.98. The maximum atomic E-state index is 13.3. The van der Waals surface area contributed by atoms with Crippen molar-refractivity contribution in [1.29, 1.82) is 0 Å². The van der Waals surface area contributed by atoms with Gasteiger partial charge in [-0.2, -0.15) is 16.2 Å². The second-order valence-electron chi connectivity index (χ2n) is 3.90. The van der Waals surface area contributed by atoms with Gasteiger partial charge in [0.2, 0.25) is 5.82 Å². The predicted octanol–water partition coefficient (Wildman–Crippen LogP) is 2.53. The minimum absolute atomic E-state index is 0.466. The van der Waals surface area contributed by atoms with Gasteiger partial charge < -0.3 is 4.90 Å². The van der Waals surface area contributed by atoms with Gasteiger partial charge in [-0.3, -0.25) is 10.1 Å². The Morgan fingerprint density at radius 3 is 2.71 bits per heavy atom. The van der Waals surface area contributed by atoms with Gasteiger partial charge in [0.25, 0.3) is 0 Å². The first-order chi connectivity index (χ1) is 8.00. The van der Waals surface area contributed by atoms with Crippen molar-refractivity contribution in [2.45, 2.75) is 5.75 Å². The van der Waals surface area contributed by atoms with E-state index in [-0.39, 0.29) is 0 Å². The van der Waals surface area contributed by atoms with Gasteiger partial charge >= 0.3 is 5.69 Å². The first-order valence-corrected chi connectivity index (χ1v) is 6.31. The Morgan fingerprint density at radius 1 is 1.47 bits per heavy atom. The van der Waals surface area contributed by atoms with Crippen molar-refractivity contribution in [3.8, 4) is 0 Å². The first-order valence-electron chi connectivity index (χ1n) is 5.16. The van der Waals surface area contributed by atoms with Crippen LogP contribution in [0.4, 0.5) is 10.1 Å². The van der Waals surface area contributed by atoms with Crippen molar-refractivity contribution in [2.24, 2.45) is 0 Å². The van der Waals surface area contributed by atoms with Crippen molar-refractivity contribution >= 4 is 17.4 Å². The van der Waals surface area contributed by atoms with Crippen molar-refractivity contribution < 1.29 is 9.31 Å². The van der Waals surface area contributed by atoms with E-state index in [1.54, 1.807) is 17.8 Å². The fourth-order valence-electron chi connectivity index (χ4n) is 1.23. The van der Waals surface area contributed by atoms with E-state index in [2.05, 4.69) is 4.90 Å². The summed E-state index contributed by atoms with van der Waals surface area (Å²) in [6.07, 6.45) is 0. The molecule has 1 aromatic carbocycles. The molecule has 0 aliphatic carbocycles. The summed E-state index contributed by atoms with van der Waals surface area (Å²) in [6.45, 7) is 0.958. The van der Waals surface area contributed by atoms with E-state index in [9.17, 15) is 14.5 Å². The molecule has 1 aromatic rings. The van der Waals surface area contributed by atoms with E-state index in [1.807, 2.05) is 14.1 Å². The van der Waals surface area contributed by atoms with Crippen LogP contribution in [0.2, 0.25) is 0 Å². The van der Waals surface area contributed by atoms with Gasteiger partial charge in [0.05, 0.1) is 4.92 Å². The van der Waals surface area contributed by atoms with Gasteiger partial charge in [-0.15, -0.1) is 0 Å². The van der Waals surface area contributed by atoms with Crippen molar-refractivity contribution in [1.82, 2.24) is 4.90 Å². The first kappa shape index (κ1) is 13.9. The van der Waals surface area contributed by atoms with Crippen molar-refractivity contribution in [2.75, 3.05) is 26.4 Å². The molecule has 0 aromatic heterocycles. The topological polar surface area (TPSA) is 46.4 Å². The highest BCUT2D eigenvalue weighted by Crippen LogP contribution is 2.20. The normalized spacial score (nSPS) is 10.8. The van der Waals surface area contributed by atoms with Gasteiger partial charge in [-0.1, -0.05) is 6.07 Å². The Kier molecular flexibility index (Phi) is 5.37. The van der Waals surface area contributed by atoms with Crippen LogP contribution in [-0.4, -0.2) is 36.2 Å². The lowest BCUT2D eigenvalue weighted by atomic mass is 10.2. The third kappa shape index (κ3) is 4.70. The van der Waals surface area contributed by atoms with Crippen LogP contribution in [0.25, 0.3) is 0 Å². The average molecular weight is 258 g/mol. The maximum absolute atomic E-state index is 13.3. The van der Waals surface area contributed by atoms with Gasteiger partial charge in [-0.05, 0) is 25.7 Å². The summed E-state index contributed by atoms with van der Waals surface area (Å²) in [4.78, 5) is 11.8. The number of hydrogen-bond donors (Lipinski definition) is 0. The van der Waals surface area contributed by atoms with E-state index < -0.39 is 16.4 Å². The Bertz CT molecular complexity index is 399. The summed E-state index contributed by atoms with van der Waals surface area (Å²) < 4.78 is 13.3. The number of halogens is 1. The summed E-state index contributed by atoms with van der Waals surface area (Å²) in [7, 11) is 3.98. The minimum atomic E-state index is -0.763. The minimum Gasteiger partial charge on any atom is -0.309 e. The lowest BCUT2D eigenvalue weighted by molar-refractivity contribution is -0.387. The van der Waals surface area contributed by atoms with E-state index in [1.165, 1.54) is 12.1 Å². The van der Waals surface area contributed by atoms with Crippen LogP contribution >= 0.6 is 11.8 Å². The molecule has 17 heavy (non-hydrogen) atoms. The molecule has 0 aliphatic heterocycles. The Hall–Kier alpha value is -1.14. The van der Waals surface area contributed by atoms with Gasteiger partial charge in [-0.25, -0.2) is 0 Å². The average Bonchev–Trinajstić information content (AvgIpc) is 2.23. The molecule has 0 amide bonds. The smallest absolute Gasteiger partial charge is 0.304 e. The number of benzene rings is 1. The Labute approximate surface area is 104 Å². The summed E-state index contributed by atoms with van der Waals surface area (Å²) in [5, 5.41) is 10.4. The molecule has 0 spiro atoms. The van der Waals surface area contributed by atoms with Crippen LogP contribution in [0.5, 0.6) is 0 Å². The molecule has 6 heteroatoms. The highest BCUT2D eigenvalue weighted by atomic mass is 32.2. The summed E-state index contributed by atoms with van der Waals surface area (Å²) in [5.41, 5.74) is 0.309. The van der Waals surface area contributed by atoms with E-state index >= 15 is 0 Å². The molecule has 0 atom stereocenters. The summed E-state index contributed by atoms with van der Waals surface area (Å²) in [5.74, 6) is 0.856. The quantitative estimate of drug-likeness (QED) is 0.447. The van der Waals surface area contributed by atoms with Gasteiger partial charge in [0, 0.05) is 24.1 Å².